The van der Waals surface area contributed by atoms with Crippen molar-refractivity contribution in [3.63, 3.8) is 0 Å². The predicted molar refractivity (Wildman–Crippen MR) is 120 cm³/mol. The van der Waals surface area contributed by atoms with E-state index in [1.807, 2.05) is 13.0 Å². The van der Waals surface area contributed by atoms with Crippen LogP contribution in [0.3, 0.4) is 0 Å². The van der Waals surface area contributed by atoms with Gasteiger partial charge in [-0.15, -0.1) is 5.10 Å². The summed E-state index contributed by atoms with van der Waals surface area (Å²) in [6.07, 6.45) is 2.93. The summed E-state index contributed by atoms with van der Waals surface area (Å²) in [4.78, 5) is 12.1. The Hall–Kier alpha value is -2.82. The second-order valence-electron chi connectivity index (χ2n) is 6.37. The fourth-order valence-corrected chi connectivity index (χ4v) is 4.77. The standard InChI is InChI=1S/C20H19N3O4S3/c1-13-3-4-15(11-17(13)27-2)12-30(25,26)16-8-5-14(6-9-16)7-10-18(24)21-19-22-23-20(28)29-19/h3-11H,12H2,1-2H3,(H,23,28)(H,21,22,24)/b10-7+. The lowest BCUT2D eigenvalue weighted by Gasteiger charge is -2.09. The number of hydrogen-bond donors (Lipinski definition) is 2. The van der Waals surface area contributed by atoms with E-state index in [-0.39, 0.29) is 16.6 Å². The zero-order valence-corrected chi connectivity index (χ0v) is 18.7. The summed E-state index contributed by atoms with van der Waals surface area (Å²) in [5, 5.41) is 9.39. The highest BCUT2D eigenvalue weighted by Crippen LogP contribution is 2.23. The molecule has 0 fully saturated rings. The van der Waals surface area contributed by atoms with Crippen molar-refractivity contribution in [3.8, 4) is 5.75 Å². The molecule has 1 aromatic heterocycles. The van der Waals surface area contributed by atoms with Crippen molar-refractivity contribution in [1.29, 1.82) is 0 Å². The lowest BCUT2D eigenvalue weighted by molar-refractivity contribution is -0.111. The Balaban J connectivity index is 1.68. The van der Waals surface area contributed by atoms with Crippen LogP contribution in [0.1, 0.15) is 16.7 Å². The highest BCUT2D eigenvalue weighted by Gasteiger charge is 2.16. The number of nitrogens with one attached hydrogen (secondary N) is 2. The summed E-state index contributed by atoms with van der Waals surface area (Å²) in [5.74, 6) is 0.162. The zero-order valence-electron chi connectivity index (χ0n) is 16.2. The number of aryl methyl sites for hydroxylation is 1. The maximum atomic E-state index is 12.7. The molecule has 1 amide bonds. The van der Waals surface area contributed by atoms with E-state index in [1.54, 1.807) is 37.5 Å². The van der Waals surface area contributed by atoms with Gasteiger partial charge in [0.2, 0.25) is 11.0 Å². The Morgan fingerprint density at radius 1 is 1.27 bits per heavy atom. The second-order valence-corrected chi connectivity index (χ2v) is 10.0. The van der Waals surface area contributed by atoms with Crippen molar-refractivity contribution in [1.82, 2.24) is 10.2 Å². The lowest BCUT2D eigenvalue weighted by Crippen LogP contribution is -2.07. The lowest BCUT2D eigenvalue weighted by atomic mass is 10.1. The number of carbonyl (C=O) groups excluding carboxylic acids is 1. The molecule has 0 saturated carbocycles. The number of H-pyrrole nitrogens is 1. The number of methoxy groups -OCH3 is 1. The molecule has 2 aromatic carbocycles. The molecule has 2 N–H and O–H groups in total. The monoisotopic (exact) mass is 461 g/mol. The summed E-state index contributed by atoms with van der Waals surface area (Å²) in [7, 11) is -1.96. The Morgan fingerprint density at radius 3 is 2.63 bits per heavy atom. The van der Waals surface area contributed by atoms with Gasteiger partial charge in [-0.05, 0) is 60.1 Å². The Labute approximate surface area is 183 Å². The number of ether oxygens (including phenoxy) is 1. The summed E-state index contributed by atoms with van der Waals surface area (Å²) >= 11 is 6.06. The number of hydrogen-bond acceptors (Lipinski definition) is 7. The molecule has 0 unspecified atom stereocenters. The third kappa shape index (κ3) is 5.62. The van der Waals surface area contributed by atoms with Crippen LogP contribution in [-0.2, 0) is 20.4 Å². The highest BCUT2D eigenvalue weighted by molar-refractivity contribution is 7.90. The van der Waals surface area contributed by atoms with Crippen molar-refractivity contribution in [2.24, 2.45) is 0 Å². The molecule has 0 atom stereocenters. The van der Waals surface area contributed by atoms with Gasteiger partial charge in [0.15, 0.2) is 13.8 Å². The van der Waals surface area contributed by atoms with Gasteiger partial charge >= 0.3 is 0 Å². The van der Waals surface area contributed by atoms with Gasteiger partial charge in [-0.1, -0.05) is 35.6 Å². The molecule has 1 heterocycles. The summed E-state index contributed by atoms with van der Waals surface area (Å²) in [6.45, 7) is 1.90. The van der Waals surface area contributed by atoms with Gasteiger partial charge in [0, 0.05) is 6.08 Å². The van der Waals surface area contributed by atoms with Gasteiger partial charge in [0.05, 0.1) is 17.8 Å². The minimum Gasteiger partial charge on any atom is -0.496 e. The van der Waals surface area contributed by atoms with Crippen LogP contribution < -0.4 is 10.1 Å². The van der Waals surface area contributed by atoms with Crippen molar-refractivity contribution in [2.45, 2.75) is 17.6 Å². The van der Waals surface area contributed by atoms with Crippen molar-refractivity contribution >= 4 is 50.5 Å². The van der Waals surface area contributed by atoms with Crippen LogP contribution in [0.25, 0.3) is 6.08 Å². The molecule has 0 bridgehead atoms. The first-order valence-electron chi connectivity index (χ1n) is 8.78. The summed E-state index contributed by atoms with van der Waals surface area (Å²) in [6, 6.07) is 11.7. The number of sulfone groups is 1. The molecule has 156 valence electrons. The van der Waals surface area contributed by atoms with E-state index in [0.717, 1.165) is 16.9 Å². The number of rotatable bonds is 7. The molecular weight excluding hydrogens is 442 g/mol. The number of amides is 1. The number of carbonyl (C=O) groups is 1. The van der Waals surface area contributed by atoms with E-state index in [0.29, 0.717) is 26.0 Å². The first-order chi connectivity index (χ1) is 14.3. The maximum Gasteiger partial charge on any atom is 0.250 e. The van der Waals surface area contributed by atoms with Crippen LogP contribution in [0.4, 0.5) is 5.13 Å². The number of aromatic nitrogens is 2. The molecule has 7 nitrogen and oxygen atoms in total. The van der Waals surface area contributed by atoms with E-state index in [9.17, 15) is 13.2 Å². The fraction of sp³-hybridized carbons (Fsp3) is 0.150. The molecule has 0 saturated heterocycles. The summed E-state index contributed by atoms with van der Waals surface area (Å²) < 4.78 is 31.2. The average Bonchev–Trinajstić information content (AvgIpc) is 3.12. The molecule has 0 spiro atoms. The van der Waals surface area contributed by atoms with Gasteiger partial charge in [0.25, 0.3) is 0 Å². The average molecular weight is 462 g/mol. The van der Waals surface area contributed by atoms with E-state index in [1.165, 1.54) is 18.2 Å². The van der Waals surface area contributed by atoms with Crippen molar-refractivity contribution in [3.05, 3.63) is 69.2 Å². The Bertz CT molecular complexity index is 1240. The molecule has 0 aliphatic rings. The van der Waals surface area contributed by atoms with Crippen LogP contribution in [0.15, 0.2) is 53.4 Å². The normalized spacial score (nSPS) is 11.5. The quantitative estimate of drug-likeness (QED) is 0.405. The molecule has 10 heteroatoms. The summed E-state index contributed by atoms with van der Waals surface area (Å²) in [5.41, 5.74) is 2.28. The van der Waals surface area contributed by atoms with E-state index < -0.39 is 9.84 Å². The van der Waals surface area contributed by atoms with E-state index in [2.05, 4.69) is 15.5 Å². The van der Waals surface area contributed by atoms with Crippen LogP contribution in [0, 0.1) is 10.9 Å². The largest absolute Gasteiger partial charge is 0.496 e. The Kier molecular flexibility index (Phi) is 6.80. The SMILES string of the molecule is COc1cc(CS(=O)(=O)c2ccc(/C=C/C(=O)Nc3n[nH]c(=S)s3)cc2)ccc1C. The molecule has 3 aromatic rings. The van der Waals surface area contributed by atoms with Crippen LogP contribution in [-0.4, -0.2) is 31.6 Å². The Morgan fingerprint density at radius 2 is 2.00 bits per heavy atom. The molecule has 0 radical (unpaired) electrons. The number of nitrogens with zero attached hydrogens (tertiary/aromatic N) is 1. The van der Waals surface area contributed by atoms with Gasteiger partial charge in [-0.25, -0.2) is 8.42 Å². The first kappa shape index (κ1) is 21.9. The highest BCUT2D eigenvalue weighted by atomic mass is 32.2. The maximum absolute atomic E-state index is 12.7. The van der Waals surface area contributed by atoms with Crippen LogP contribution in [0.2, 0.25) is 0 Å². The minimum absolute atomic E-state index is 0.128. The first-order valence-corrected chi connectivity index (χ1v) is 11.7. The topological polar surface area (TPSA) is 101 Å². The molecule has 0 aliphatic carbocycles. The minimum atomic E-state index is -3.52. The second kappa shape index (κ2) is 9.33. The van der Waals surface area contributed by atoms with Gasteiger partial charge in [-0.2, -0.15) is 0 Å². The van der Waals surface area contributed by atoms with Crippen molar-refractivity contribution < 1.29 is 17.9 Å². The van der Waals surface area contributed by atoms with Gasteiger partial charge in [-0.3, -0.25) is 15.2 Å². The van der Waals surface area contributed by atoms with Crippen LogP contribution >= 0.6 is 23.6 Å². The van der Waals surface area contributed by atoms with Crippen LogP contribution in [0.5, 0.6) is 5.75 Å². The fourth-order valence-electron chi connectivity index (χ4n) is 2.65. The van der Waals surface area contributed by atoms with E-state index in [4.69, 9.17) is 17.0 Å². The zero-order chi connectivity index (χ0) is 21.7. The third-order valence-corrected chi connectivity index (χ3v) is 6.87. The number of anilines is 1. The predicted octanol–water partition coefficient (Wildman–Crippen LogP) is 4.14. The molecular formula is C20H19N3O4S3. The number of aromatic amines is 1. The van der Waals surface area contributed by atoms with Gasteiger partial charge in [0.1, 0.15) is 5.75 Å². The van der Waals surface area contributed by atoms with Gasteiger partial charge < -0.3 is 4.74 Å². The molecule has 3 rings (SSSR count). The van der Waals surface area contributed by atoms with Crippen molar-refractivity contribution in [2.75, 3.05) is 12.4 Å². The molecule has 30 heavy (non-hydrogen) atoms. The smallest absolute Gasteiger partial charge is 0.250 e. The molecule has 0 aliphatic heterocycles. The third-order valence-electron chi connectivity index (χ3n) is 4.16. The van der Waals surface area contributed by atoms with E-state index >= 15 is 0 Å². The number of benzene rings is 2.